The molecular weight excluding hydrogens is 606 g/mol. The first-order chi connectivity index (χ1) is 23.1. The molecule has 1 fully saturated rings. The number of ether oxygens (including phenoxy) is 2. The van der Waals surface area contributed by atoms with E-state index in [0.29, 0.717) is 76.1 Å². The third kappa shape index (κ3) is 3.02. The van der Waals surface area contributed by atoms with Crippen molar-refractivity contribution >= 4 is 0 Å². The molecule has 48 heavy (non-hydrogen) atoms. The largest absolute Gasteiger partial charge is 0.504 e. The highest BCUT2D eigenvalue weighted by molar-refractivity contribution is 5.68. The van der Waals surface area contributed by atoms with Gasteiger partial charge in [0.25, 0.3) is 0 Å². The maximum atomic E-state index is 13.3. The van der Waals surface area contributed by atoms with Gasteiger partial charge in [-0.1, -0.05) is 24.3 Å². The maximum Gasteiger partial charge on any atom is 0.166 e. The first-order valence-corrected chi connectivity index (χ1v) is 17.5. The molecule has 1 spiro atoms. The lowest BCUT2D eigenvalue weighted by Gasteiger charge is -2.62. The number of fused-ring (bicyclic) bond motifs is 5. The molecule has 0 unspecified atom stereocenters. The first-order valence-electron chi connectivity index (χ1n) is 17.5. The molecule has 7 aliphatic rings. The van der Waals surface area contributed by atoms with Gasteiger partial charge in [0.1, 0.15) is 0 Å². The van der Waals surface area contributed by atoms with Gasteiger partial charge in [-0.05, 0) is 73.0 Å². The second-order valence-electron chi connectivity index (χ2n) is 15.4. The number of nitrogens with zero attached hydrogens (tertiary/aromatic N) is 2. The van der Waals surface area contributed by atoms with Gasteiger partial charge < -0.3 is 39.8 Å². The number of hydrogen-bond donors (Lipinski definition) is 5. The van der Waals surface area contributed by atoms with Gasteiger partial charge in [0.2, 0.25) is 0 Å². The zero-order valence-corrected chi connectivity index (χ0v) is 27.4. The van der Waals surface area contributed by atoms with E-state index in [-0.39, 0.29) is 17.5 Å². The summed E-state index contributed by atoms with van der Waals surface area (Å²) in [5.74, 6) is 1.18. The van der Waals surface area contributed by atoms with Gasteiger partial charge in [0.05, 0.1) is 33.4 Å². The van der Waals surface area contributed by atoms with E-state index in [1.54, 1.807) is 12.1 Å². The van der Waals surface area contributed by atoms with E-state index in [1.807, 2.05) is 24.3 Å². The van der Waals surface area contributed by atoms with Crippen LogP contribution in [-0.2, 0) is 43.6 Å². The summed E-state index contributed by atoms with van der Waals surface area (Å²) in [6, 6.07) is 7.29. The van der Waals surface area contributed by atoms with Crippen molar-refractivity contribution in [3.63, 3.8) is 0 Å². The molecule has 9 heteroatoms. The van der Waals surface area contributed by atoms with Crippen molar-refractivity contribution in [1.82, 2.24) is 14.8 Å². The van der Waals surface area contributed by atoms with Gasteiger partial charge in [0, 0.05) is 56.7 Å². The molecule has 2 aromatic carbocycles. The van der Waals surface area contributed by atoms with Crippen LogP contribution in [0.15, 0.2) is 49.6 Å². The average molecular weight is 650 g/mol. The molecule has 5 N–H and O–H groups in total. The van der Waals surface area contributed by atoms with Crippen LogP contribution in [-0.4, -0.2) is 73.3 Å². The zero-order chi connectivity index (χ0) is 33.0. The van der Waals surface area contributed by atoms with Gasteiger partial charge in [-0.3, -0.25) is 4.90 Å². The Morgan fingerprint density at radius 1 is 0.917 bits per heavy atom. The summed E-state index contributed by atoms with van der Waals surface area (Å²) in [7, 11) is 2.07. The fraction of sp³-hybridized carbons (Fsp3) is 0.487. The summed E-state index contributed by atoms with van der Waals surface area (Å²) in [5, 5.41) is 52.3. The fourth-order valence-corrected chi connectivity index (χ4v) is 12.0. The van der Waals surface area contributed by atoms with Gasteiger partial charge in [0.15, 0.2) is 35.2 Å². The second kappa shape index (κ2) is 9.27. The minimum atomic E-state index is -1.17. The topological polar surface area (TPSA) is 120 Å². The number of phenols is 2. The Bertz CT molecular complexity index is 1970. The number of benzene rings is 2. The van der Waals surface area contributed by atoms with E-state index in [2.05, 4.69) is 35.0 Å². The van der Waals surface area contributed by atoms with E-state index in [4.69, 9.17) is 9.47 Å². The number of aryl methyl sites for hydroxylation is 1. The van der Waals surface area contributed by atoms with Crippen LogP contribution in [0, 0.1) is 0 Å². The number of hydrogen-bond acceptors (Lipinski definition) is 8. The van der Waals surface area contributed by atoms with Crippen LogP contribution >= 0.6 is 0 Å². The summed E-state index contributed by atoms with van der Waals surface area (Å²) in [6.07, 6.45) is 6.74. The number of likely N-dealkylation sites (tertiary alicyclic amines) is 1. The smallest absolute Gasteiger partial charge is 0.166 e. The van der Waals surface area contributed by atoms with Gasteiger partial charge in [-0.2, -0.15) is 0 Å². The van der Waals surface area contributed by atoms with E-state index < -0.39 is 34.2 Å². The highest BCUT2D eigenvalue weighted by Gasteiger charge is 2.75. The van der Waals surface area contributed by atoms with Gasteiger partial charge in [-0.25, -0.2) is 0 Å². The van der Waals surface area contributed by atoms with E-state index >= 15 is 0 Å². The second-order valence-corrected chi connectivity index (χ2v) is 15.4. The number of rotatable bonds is 7. The quantitative estimate of drug-likeness (QED) is 0.194. The summed E-state index contributed by atoms with van der Waals surface area (Å²) >= 11 is 0. The molecule has 10 rings (SSSR count). The van der Waals surface area contributed by atoms with Crippen molar-refractivity contribution in [2.24, 2.45) is 7.05 Å². The van der Waals surface area contributed by atoms with E-state index in [0.717, 1.165) is 51.3 Å². The molecule has 3 aromatic rings. The molecule has 0 radical (unpaired) electrons. The summed E-state index contributed by atoms with van der Waals surface area (Å²) in [6.45, 7) is 10.7. The lowest BCUT2D eigenvalue weighted by atomic mass is 9.48. The summed E-state index contributed by atoms with van der Waals surface area (Å²) < 4.78 is 16.1. The highest BCUT2D eigenvalue weighted by atomic mass is 16.5. The van der Waals surface area contributed by atoms with Crippen molar-refractivity contribution < 1.29 is 29.9 Å². The van der Waals surface area contributed by atoms with Crippen LogP contribution in [0.5, 0.6) is 23.0 Å². The number of phenolic OH excluding ortho intramolecular Hbond substituents is 2. The van der Waals surface area contributed by atoms with Crippen LogP contribution in [0.1, 0.15) is 76.2 Å². The van der Waals surface area contributed by atoms with Crippen molar-refractivity contribution in [2.75, 3.05) is 26.2 Å². The molecule has 7 atom stereocenters. The minimum Gasteiger partial charge on any atom is -0.504 e. The molecule has 0 amide bonds. The Labute approximate surface area is 280 Å². The molecule has 3 aliphatic heterocycles. The molecule has 0 saturated carbocycles. The molecule has 1 aromatic heterocycles. The standard InChI is InChI=1S/C39H43N3O6/c1-4-14-40-15-12-37-28-21-6-8-25(43)32(28)47-34(37)30-23(19-36(37,45)11-10-21)24-20-39(46)27-18-22-7-9-26(44)33-29(22)38(39,13-17-42(27)16-5-2)35(48-33)31(24)41(30)3/h4-9,27,34-35,40,43-46H,1-2,10-20H2,3H3/t27-,34+,35+,36+,37+,38+,39-/m1/s1. The molecule has 9 nitrogen and oxygen atoms in total. The van der Waals surface area contributed by atoms with Crippen molar-refractivity contribution in [3.05, 3.63) is 94.3 Å². The fourth-order valence-electron chi connectivity index (χ4n) is 12.0. The predicted octanol–water partition coefficient (Wildman–Crippen LogP) is 3.68. The van der Waals surface area contributed by atoms with Crippen LogP contribution in [0.25, 0.3) is 0 Å². The van der Waals surface area contributed by atoms with Gasteiger partial charge >= 0.3 is 0 Å². The van der Waals surface area contributed by atoms with Crippen LogP contribution in [0.2, 0.25) is 0 Å². The third-order valence-electron chi connectivity index (χ3n) is 13.8. The predicted molar refractivity (Wildman–Crippen MR) is 179 cm³/mol. The van der Waals surface area contributed by atoms with Crippen molar-refractivity contribution in [2.45, 2.75) is 85.2 Å². The van der Waals surface area contributed by atoms with E-state index in [9.17, 15) is 20.4 Å². The lowest BCUT2D eigenvalue weighted by Crippen LogP contribution is -2.74. The van der Waals surface area contributed by atoms with Crippen LogP contribution in [0.3, 0.4) is 0 Å². The summed E-state index contributed by atoms with van der Waals surface area (Å²) in [5.41, 5.74) is 4.35. The molecule has 250 valence electrons. The number of aromatic hydroxyl groups is 2. The Kier molecular flexibility index (Phi) is 5.63. The maximum absolute atomic E-state index is 13.3. The Morgan fingerprint density at radius 3 is 2.40 bits per heavy atom. The SMILES string of the molecule is C=CCNCC[C@]12c3c4ccc(O)c3O[C@H]1c1c(c3c(n1C)[C@@H]1Oc5c(O)ccc6c5[C@@]15CCN(CC=C)[C@H](C6)[C@]5(O)C3)C[C@@]2(O)CC4. The van der Waals surface area contributed by atoms with Crippen molar-refractivity contribution in [3.8, 4) is 23.0 Å². The first kappa shape index (κ1) is 29.2. The average Bonchev–Trinajstić information content (AvgIpc) is 3.68. The Morgan fingerprint density at radius 2 is 1.62 bits per heavy atom. The minimum absolute atomic E-state index is 0.0965. The Hall–Kier alpha value is -3.76. The number of piperidine rings is 1. The summed E-state index contributed by atoms with van der Waals surface area (Å²) in [4.78, 5) is 2.36. The molecule has 1 saturated heterocycles. The van der Waals surface area contributed by atoms with E-state index in [1.165, 1.54) is 0 Å². The Balaban J connectivity index is 1.21. The molecule has 4 heterocycles. The third-order valence-corrected chi connectivity index (χ3v) is 13.8. The highest BCUT2D eigenvalue weighted by Crippen LogP contribution is 2.72. The van der Waals surface area contributed by atoms with Gasteiger partial charge in [-0.15, -0.1) is 13.2 Å². The normalized spacial score (nSPS) is 35.5. The van der Waals surface area contributed by atoms with Crippen molar-refractivity contribution in [1.29, 1.82) is 0 Å². The molecule has 2 bridgehead atoms. The monoisotopic (exact) mass is 649 g/mol. The number of nitrogens with one attached hydrogen (secondary N) is 1. The number of aliphatic hydroxyl groups is 2. The molecular formula is C39H43N3O6. The number of aromatic nitrogens is 1. The van der Waals surface area contributed by atoms with Crippen LogP contribution in [0.4, 0.5) is 0 Å². The lowest BCUT2D eigenvalue weighted by molar-refractivity contribution is -0.171. The van der Waals surface area contributed by atoms with Crippen LogP contribution < -0.4 is 14.8 Å². The zero-order valence-electron chi connectivity index (χ0n) is 27.4. The molecule has 4 aliphatic carbocycles.